The first-order valence-corrected chi connectivity index (χ1v) is 12.4. The standard InChI is InChI=1S/C24H37NO7/c1-5-25-19-23-12-8-11-13(29-2)9-22(27,15(12)16(11)30-3)24(19,28)18(31-4)17(23)21(10-26)7-6-14(23)32-20(21)25/h11-20,26-28H,5-10H2,1-4H3/t11-,12-,13+,14+,15-,16+,17-,18+,19+,20?,21+,22-,23+,24-/m1/s1. The van der Waals surface area contributed by atoms with Crippen LogP contribution in [0.3, 0.4) is 0 Å². The molecular weight excluding hydrogens is 414 g/mol. The van der Waals surface area contributed by atoms with Crippen LogP contribution in [0.1, 0.15) is 32.6 Å². The van der Waals surface area contributed by atoms with Gasteiger partial charge in [0, 0.05) is 56.3 Å². The molecule has 4 aliphatic heterocycles. The molecule has 8 nitrogen and oxygen atoms in total. The van der Waals surface area contributed by atoms with Crippen LogP contribution in [0.15, 0.2) is 0 Å². The van der Waals surface area contributed by atoms with E-state index in [1.54, 1.807) is 21.3 Å². The summed E-state index contributed by atoms with van der Waals surface area (Å²) in [5.74, 6) is 0.0270. The van der Waals surface area contributed by atoms with Gasteiger partial charge in [0.15, 0.2) is 0 Å². The molecule has 0 amide bonds. The lowest BCUT2D eigenvalue weighted by atomic mass is 9.41. The van der Waals surface area contributed by atoms with E-state index < -0.39 is 22.7 Å². The summed E-state index contributed by atoms with van der Waals surface area (Å²) in [6, 6.07) is -0.267. The molecule has 8 heteroatoms. The van der Waals surface area contributed by atoms with Gasteiger partial charge in [-0.25, -0.2) is 0 Å². The van der Waals surface area contributed by atoms with Crippen LogP contribution in [0, 0.1) is 34.5 Å². The van der Waals surface area contributed by atoms with E-state index in [0.29, 0.717) is 13.0 Å². The summed E-state index contributed by atoms with van der Waals surface area (Å²) in [4.78, 5) is 2.27. The number of rotatable bonds is 5. The third-order valence-corrected chi connectivity index (χ3v) is 11.7. The molecule has 180 valence electrons. The monoisotopic (exact) mass is 451 g/mol. The highest BCUT2D eigenvalue weighted by molar-refractivity contribution is 5.43. The van der Waals surface area contributed by atoms with Gasteiger partial charge >= 0.3 is 0 Å². The van der Waals surface area contributed by atoms with Crippen molar-refractivity contribution in [3.63, 3.8) is 0 Å². The second-order valence-electron chi connectivity index (χ2n) is 11.7. The SMILES string of the molecule is CCN1C2O[C@H]3CC[C@]2(CO)[C@H]2[C@H](OC)[C@@]4(O)[C@@H]1[C@@]32[C@@H]1C[C@H]2[C@H](OC)[C@@H]1[C@]4(O)C[C@@H]2OC. The molecule has 4 saturated heterocycles. The molecule has 0 aromatic rings. The Balaban J connectivity index is 1.55. The Bertz CT molecular complexity index is 843. The van der Waals surface area contributed by atoms with Crippen molar-refractivity contribution < 1.29 is 34.3 Å². The van der Waals surface area contributed by atoms with E-state index in [1.807, 2.05) is 0 Å². The molecule has 9 fully saturated rings. The summed E-state index contributed by atoms with van der Waals surface area (Å²) in [5, 5.41) is 36.4. The van der Waals surface area contributed by atoms with Gasteiger partial charge in [-0.05, 0) is 31.7 Å². The normalized spacial score (nSPS) is 65.7. The second kappa shape index (κ2) is 6.08. The molecule has 5 saturated carbocycles. The minimum atomic E-state index is -1.49. The van der Waals surface area contributed by atoms with E-state index >= 15 is 0 Å². The van der Waals surface area contributed by atoms with Gasteiger partial charge in [0.05, 0.1) is 37.1 Å². The van der Waals surface area contributed by atoms with E-state index in [9.17, 15) is 15.3 Å². The molecule has 1 spiro atoms. The molecule has 14 atom stereocenters. The molecular formula is C24H37NO7. The van der Waals surface area contributed by atoms with E-state index in [2.05, 4.69) is 11.8 Å². The Morgan fingerprint density at radius 3 is 2.53 bits per heavy atom. The number of methoxy groups -OCH3 is 3. The number of hydrogen-bond donors (Lipinski definition) is 3. The fourth-order valence-electron chi connectivity index (χ4n) is 11.3. The third-order valence-electron chi connectivity index (χ3n) is 11.7. The van der Waals surface area contributed by atoms with Crippen LogP contribution in [-0.4, -0.2) is 103 Å². The molecule has 5 aliphatic carbocycles. The lowest BCUT2D eigenvalue weighted by Crippen LogP contribution is -2.86. The van der Waals surface area contributed by atoms with Crippen molar-refractivity contribution in [1.29, 1.82) is 0 Å². The van der Waals surface area contributed by atoms with Crippen LogP contribution in [0.25, 0.3) is 0 Å². The number of aliphatic hydroxyl groups excluding tert-OH is 1. The van der Waals surface area contributed by atoms with E-state index in [0.717, 1.165) is 19.3 Å². The molecule has 4 heterocycles. The van der Waals surface area contributed by atoms with Crippen molar-refractivity contribution >= 4 is 0 Å². The zero-order valence-electron chi connectivity index (χ0n) is 19.4. The molecule has 0 aromatic heterocycles. The van der Waals surface area contributed by atoms with Crippen LogP contribution < -0.4 is 0 Å². The number of ether oxygens (including phenoxy) is 4. The number of nitrogens with zero attached hydrogens (tertiary/aromatic N) is 1. The zero-order chi connectivity index (χ0) is 22.4. The van der Waals surface area contributed by atoms with E-state index in [4.69, 9.17) is 18.9 Å². The molecule has 9 rings (SSSR count). The minimum absolute atomic E-state index is 0.00204. The Morgan fingerprint density at radius 2 is 1.91 bits per heavy atom. The highest BCUT2D eigenvalue weighted by Crippen LogP contribution is 2.83. The van der Waals surface area contributed by atoms with Crippen LogP contribution >= 0.6 is 0 Å². The Morgan fingerprint density at radius 1 is 1.12 bits per heavy atom. The predicted molar refractivity (Wildman–Crippen MR) is 111 cm³/mol. The Kier molecular flexibility index (Phi) is 3.99. The van der Waals surface area contributed by atoms with Gasteiger partial charge in [-0.3, -0.25) is 4.90 Å². The largest absolute Gasteiger partial charge is 0.396 e. The van der Waals surface area contributed by atoms with Crippen molar-refractivity contribution in [3.05, 3.63) is 0 Å². The lowest BCUT2D eigenvalue weighted by molar-refractivity contribution is -0.410. The molecule has 0 aromatic carbocycles. The van der Waals surface area contributed by atoms with Gasteiger partial charge in [0.25, 0.3) is 0 Å². The maximum Gasteiger partial charge on any atom is 0.136 e. The van der Waals surface area contributed by atoms with Gasteiger partial charge in [0.2, 0.25) is 0 Å². The van der Waals surface area contributed by atoms with Crippen LogP contribution in [0.2, 0.25) is 0 Å². The molecule has 9 aliphatic rings. The molecule has 0 radical (unpaired) electrons. The first kappa shape index (κ1) is 21.0. The van der Waals surface area contributed by atoms with Gasteiger partial charge in [-0.2, -0.15) is 0 Å². The minimum Gasteiger partial charge on any atom is -0.396 e. The first-order valence-electron chi connectivity index (χ1n) is 12.4. The summed E-state index contributed by atoms with van der Waals surface area (Å²) in [7, 11) is 5.08. The number of likely N-dealkylation sites (N-methyl/N-ethyl adjacent to an activating group) is 1. The van der Waals surface area contributed by atoms with Crippen molar-refractivity contribution in [1.82, 2.24) is 4.90 Å². The number of piperidine rings is 1. The number of fused-ring (bicyclic) bond motifs is 3. The first-order chi connectivity index (χ1) is 15.4. The fraction of sp³-hybridized carbons (Fsp3) is 1.00. The lowest BCUT2D eigenvalue weighted by Gasteiger charge is -2.76. The number of aliphatic hydroxyl groups is 3. The van der Waals surface area contributed by atoms with Crippen LogP contribution in [-0.2, 0) is 18.9 Å². The number of hydrogen-bond acceptors (Lipinski definition) is 8. The average Bonchev–Trinajstić information content (AvgIpc) is 3.25. The summed E-state index contributed by atoms with van der Waals surface area (Å²) < 4.78 is 25.0. The van der Waals surface area contributed by atoms with Gasteiger partial charge in [-0.15, -0.1) is 0 Å². The fourth-order valence-corrected chi connectivity index (χ4v) is 11.3. The highest BCUT2D eigenvalue weighted by atomic mass is 16.5. The van der Waals surface area contributed by atoms with Gasteiger partial charge in [-0.1, -0.05) is 6.92 Å². The van der Waals surface area contributed by atoms with E-state index in [-0.39, 0.29) is 66.3 Å². The summed E-state index contributed by atoms with van der Waals surface area (Å²) in [6.07, 6.45) is 1.81. The Hall–Kier alpha value is -0.320. The van der Waals surface area contributed by atoms with Crippen molar-refractivity contribution in [2.45, 2.75) is 80.5 Å². The topological polar surface area (TPSA) is 101 Å². The molecule has 9 bridgehead atoms. The van der Waals surface area contributed by atoms with Crippen LogP contribution in [0.4, 0.5) is 0 Å². The zero-order valence-corrected chi connectivity index (χ0v) is 19.4. The predicted octanol–water partition coefficient (Wildman–Crippen LogP) is -0.0191. The second-order valence-corrected chi connectivity index (χ2v) is 11.7. The maximum absolute atomic E-state index is 12.9. The Labute approximate surface area is 189 Å². The van der Waals surface area contributed by atoms with Crippen molar-refractivity contribution in [3.8, 4) is 0 Å². The van der Waals surface area contributed by atoms with E-state index in [1.165, 1.54) is 0 Å². The summed E-state index contributed by atoms with van der Waals surface area (Å²) >= 11 is 0. The van der Waals surface area contributed by atoms with Crippen LogP contribution in [0.5, 0.6) is 0 Å². The molecule has 32 heavy (non-hydrogen) atoms. The molecule has 3 N–H and O–H groups in total. The van der Waals surface area contributed by atoms with Gasteiger partial charge < -0.3 is 34.3 Å². The summed E-state index contributed by atoms with van der Waals surface area (Å²) in [5.41, 5.74) is -3.77. The smallest absolute Gasteiger partial charge is 0.136 e. The van der Waals surface area contributed by atoms with Crippen molar-refractivity contribution in [2.75, 3.05) is 34.5 Å². The quantitative estimate of drug-likeness (QED) is 0.536. The maximum atomic E-state index is 12.9. The summed E-state index contributed by atoms with van der Waals surface area (Å²) in [6.45, 7) is 2.79. The average molecular weight is 452 g/mol. The molecule has 1 unspecified atom stereocenters. The third kappa shape index (κ3) is 1.68. The van der Waals surface area contributed by atoms with Crippen molar-refractivity contribution in [2.24, 2.45) is 34.5 Å². The highest BCUT2D eigenvalue weighted by Gasteiger charge is 2.94. The van der Waals surface area contributed by atoms with Gasteiger partial charge in [0.1, 0.15) is 17.4 Å².